The van der Waals surface area contributed by atoms with Gasteiger partial charge in [-0.25, -0.2) is 0 Å². The fourth-order valence-corrected chi connectivity index (χ4v) is 2.53. The van der Waals surface area contributed by atoms with Crippen LogP contribution in [0.3, 0.4) is 0 Å². The van der Waals surface area contributed by atoms with Gasteiger partial charge in [-0.15, -0.1) is 0 Å². The van der Waals surface area contributed by atoms with E-state index in [4.69, 9.17) is 0 Å². The quantitative estimate of drug-likeness (QED) is 0.797. The summed E-state index contributed by atoms with van der Waals surface area (Å²) in [5.74, 6) is -0.616. The summed E-state index contributed by atoms with van der Waals surface area (Å²) in [6.07, 6.45) is -4.68. The number of likely N-dealkylation sites (N-methyl/N-ethyl adjacent to an activating group) is 1. The molecule has 0 fully saturated rings. The van der Waals surface area contributed by atoms with Crippen molar-refractivity contribution in [1.82, 2.24) is 4.90 Å². The Bertz CT molecular complexity index is 531. The lowest BCUT2D eigenvalue weighted by molar-refractivity contribution is -0.141. The van der Waals surface area contributed by atoms with Gasteiger partial charge in [-0.1, -0.05) is 26.0 Å². The third-order valence-corrected chi connectivity index (χ3v) is 4.57. The summed E-state index contributed by atoms with van der Waals surface area (Å²) in [5, 5.41) is 19.7. The van der Waals surface area contributed by atoms with E-state index < -0.39 is 29.2 Å². The van der Waals surface area contributed by atoms with Gasteiger partial charge in [0.05, 0.1) is 12.2 Å². The van der Waals surface area contributed by atoms with Gasteiger partial charge in [0.2, 0.25) is 0 Å². The molecule has 2 N–H and O–H groups in total. The van der Waals surface area contributed by atoms with Gasteiger partial charge in [0.15, 0.2) is 6.10 Å². The maximum atomic E-state index is 12.5. The molecule has 136 valence electrons. The normalized spacial score (nSPS) is 13.7. The predicted octanol–water partition coefficient (Wildman–Crippen LogP) is 3.00. The zero-order valence-electron chi connectivity index (χ0n) is 14.1. The lowest BCUT2D eigenvalue weighted by Gasteiger charge is -2.34. The first-order chi connectivity index (χ1) is 11.1. The number of benzene rings is 1. The van der Waals surface area contributed by atoms with E-state index in [1.54, 1.807) is 0 Å². The molecule has 1 rings (SSSR count). The Hall–Kier alpha value is -1.60. The minimum atomic E-state index is -4.47. The van der Waals surface area contributed by atoms with Gasteiger partial charge in [0.1, 0.15) is 0 Å². The van der Waals surface area contributed by atoms with Crippen molar-refractivity contribution < 1.29 is 28.2 Å². The van der Waals surface area contributed by atoms with Crippen molar-refractivity contribution >= 4 is 5.91 Å². The van der Waals surface area contributed by atoms with Crippen LogP contribution >= 0.6 is 0 Å². The van der Waals surface area contributed by atoms with E-state index in [0.29, 0.717) is 12.8 Å². The second kappa shape index (κ2) is 7.98. The number of halogens is 3. The first-order valence-corrected chi connectivity index (χ1v) is 7.81. The minimum absolute atomic E-state index is 0.0893. The summed E-state index contributed by atoms with van der Waals surface area (Å²) < 4.78 is 37.6. The van der Waals surface area contributed by atoms with Crippen molar-refractivity contribution in [3.8, 4) is 0 Å². The molecule has 1 atom stereocenters. The molecule has 0 spiro atoms. The van der Waals surface area contributed by atoms with Crippen LogP contribution in [0, 0.1) is 5.41 Å². The number of nitrogens with zero attached hydrogens (tertiary/aromatic N) is 1. The summed E-state index contributed by atoms with van der Waals surface area (Å²) in [5.41, 5.74) is -1.19. The van der Waals surface area contributed by atoms with Crippen LogP contribution in [0.4, 0.5) is 13.2 Å². The van der Waals surface area contributed by atoms with Crippen LogP contribution < -0.4 is 0 Å². The number of hydrogen-bond donors (Lipinski definition) is 2. The van der Waals surface area contributed by atoms with E-state index in [1.807, 2.05) is 13.8 Å². The Morgan fingerprint density at radius 3 is 2.04 bits per heavy atom. The van der Waals surface area contributed by atoms with Crippen LogP contribution in [0.1, 0.15) is 43.9 Å². The molecule has 1 amide bonds. The highest BCUT2D eigenvalue weighted by Gasteiger charge is 2.32. The van der Waals surface area contributed by atoms with Gasteiger partial charge in [-0.2, -0.15) is 13.2 Å². The van der Waals surface area contributed by atoms with Crippen molar-refractivity contribution in [1.29, 1.82) is 0 Å². The minimum Gasteiger partial charge on any atom is -0.396 e. The second-order valence-corrected chi connectivity index (χ2v) is 6.08. The molecule has 0 heterocycles. The third kappa shape index (κ3) is 4.70. The fourth-order valence-electron chi connectivity index (χ4n) is 2.53. The molecule has 7 heteroatoms. The van der Waals surface area contributed by atoms with Crippen LogP contribution in [-0.2, 0) is 11.0 Å². The molecule has 0 aliphatic rings. The first kappa shape index (κ1) is 20.4. The fraction of sp³-hybridized carbons (Fsp3) is 0.588. The van der Waals surface area contributed by atoms with Crippen molar-refractivity contribution in [2.24, 2.45) is 5.41 Å². The number of carbonyl (C=O) groups excluding carboxylic acids is 1. The second-order valence-electron chi connectivity index (χ2n) is 6.08. The average Bonchev–Trinajstić information content (AvgIpc) is 2.57. The highest BCUT2D eigenvalue weighted by Crippen LogP contribution is 2.31. The maximum Gasteiger partial charge on any atom is 0.416 e. The SMILES string of the molecule is CCC(CC)(CO)CN(C)C(=O)C(O)c1ccc(C(F)(F)F)cc1. The Morgan fingerprint density at radius 2 is 1.67 bits per heavy atom. The molecule has 1 aromatic carbocycles. The molecule has 0 bridgehead atoms. The molecule has 0 aromatic heterocycles. The van der Waals surface area contributed by atoms with Gasteiger partial charge in [0.25, 0.3) is 5.91 Å². The number of amides is 1. The number of aliphatic hydroxyl groups excluding tert-OH is 2. The monoisotopic (exact) mass is 347 g/mol. The molecule has 0 radical (unpaired) electrons. The number of carbonyl (C=O) groups is 1. The maximum absolute atomic E-state index is 12.5. The molecule has 4 nitrogen and oxygen atoms in total. The lowest BCUT2D eigenvalue weighted by atomic mass is 9.82. The van der Waals surface area contributed by atoms with Gasteiger partial charge in [-0.05, 0) is 30.5 Å². The molecular formula is C17H24F3NO3. The van der Waals surface area contributed by atoms with Gasteiger partial charge < -0.3 is 15.1 Å². The Labute approximate surface area is 139 Å². The van der Waals surface area contributed by atoms with Crippen molar-refractivity contribution in [3.05, 3.63) is 35.4 Å². The van der Waals surface area contributed by atoms with Crippen LogP contribution in [0.5, 0.6) is 0 Å². The van der Waals surface area contributed by atoms with Crippen LogP contribution in [-0.4, -0.2) is 41.2 Å². The van der Waals surface area contributed by atoms with E-state index >= 15 is 0 Å². The zero-order chi connectivity index (χ0) is 18.5. The lowest BCUT2D eigenvalue weighted by Crippen LogP contribution is -2.42. The number of aliphatic hydroxyl groups is 2. The summed E-state index contributed by atoms with van der Waals surface area (Å²) in [6, 6.07) is 3.86. The van der Waals surface area contributed by atoms with E-state index in [9.17, 15) is 28.2 Å². The van der Waals surface area contributed by atoms with E-state index in [0.717, 1.165) is 24.3 Å². The molecule has 24 heavy (non-hydrogen) atoms. The molecular weight excluding hydrogens is 323 g/mol. The molecule has 1 unspecified atom stereocenters. The largest absolute Gasteiger partial charge is 0.416 e. The molecule has 0 saturated heterocycles. The van der Waals surface area contributed by atoms with Gasteiger partial charge in [-0.3, -0.25) is 4.79 Å². The highest BCUT2D eigenvalue weighted by molar-refractivity contribution is 5.81. The van der Waals surface area contributed by atoms with Crippen LogP contribution in [0.15, 0.2) is 24.3 Å². The average molecular weight is 347 g/mol. The standard InChI is InChI=1S/C17H24F3NO3/c1-4-16(5-2,11-22)10-21(3)15(24)14(23)12-6-8-13(9-7-12)17(18,19)20/h6-9,14,22-23H,4-5,10-11H2,1-3H3. The highest BCUT2D eigenvalue weighted by atomic mass is 19.4. The summed E-state index contributed by atoms with van der Waals surface area (Å²) in [7, 11) is 1.51. The summed E-state index contributed by atoms with van der Waals surface area (Å²) in [4.78, 5) is 13.6. The topological polar surface area (TPSA) is 60.8 Å². The molecule has 0 saturated carbocycles. The molecule has 0 aliphatic heterocycles. The van der Waals surface area contributed by atoms with Crippen molar-refractivity contribution in [2.75, 3.05) is 20.2 Å². The van der Waals surface area contributed by atoms with Gasteiger partial charge >= 0.3 is 6.18 Å². The van der Waals surface area contributed by atoms with Crippen molar-refractivity contribution in [2.45, 2.75) is 39.0 Å². The Balaban J connectivity index is 2.86. The van der Waals surface area contributed by atoms with Crippen molar-refractivity contribution in [3.63, 3.8) is 0 Å². The molecule has 1 aromatic rings. The number of rotatable bonds is 7. The molecule has 0 aliphatic carbocycles. The zero-order valence-corrected chi connectivity index (χ0v) is 14.1. The van der Waals surface area contributed by atoms with Crippen LogP contribution in [0.2, 0.25) is 0 Å². The Morgan fingerprint density at radius 1 is 1.17 bits per heavy atom. The Kier molecular flexibility index (Phi) is 6.80. The van der Waals surface area contributed by atoms with E-state index in [-0.39, 0.29) is 18.7 Å². The number of hydrogen-bond acceptors (Lipinski definition) is 3. The summed E-state index contributed by atoms with van der Waals surface area (Å²) >= 11 is 0. The summed E-state index contributed by atoms with van der Waals surface area (Å²) in [6.45, 7) is 3.98. The predicted molar refractivity (Wildman–Crippen MR) is 84.1 cm³/mol. The van der Waals surface area contributed by atoms with E-state index in [1.165, 1.54) is 11.9 Å². The van der Waals surface area contributed by atoms with Crippen LogP contribution in [0.25, 0.3) is 0 Å². The number of alkyl halides is 3. The third-order valence-electron chi connectivity index (χ3n) is 4.57. The smallest absolute Gasteiger partial charge is 0.396 e. The van der Waals surface area contributed by atoms with E-state index in [2.05, 4.69) is 0 Å². The first-order valence-electron chi connectivity index (χ1n) is 7.81. The van der Waals surface area contributed by atoms with Gasteiger partial charge in [0, 0.05) is 19.0 Å².